The van der Waals surface area contributed by atoms with Gasteiger partial charge in [-0.1, -0.05) is 53.4 Å². The van der Waals surface area contributed by atoms with Crippen LogP contribution < -0.4 is 11.1 Å². The second kappa shape index (κ2) is 9.35. The summed E-state index contributed by atoms with van der Waals surface area (Å²) < 4.78 is 0. The van der Waals surface area contributed by atoms with Crippen molar-refractivity contribution in [3.63, 3.8) is 0 Å². The summed E-state index contributed by atoms with van der Waals surface area (Å²) in [4.78, 5) is 11.8. The van der Waals surface area contributed by atoms with Crippen molar-refractivity contribution in [1.29, 1.82) is 0 Å². The van der Waals surface area contributed by atoms with Gasteiger partial charge in [-0.2, -0.15) is 0 Å². The summed E-state index contributed by atoms with van der Waals surface area (Å²) in [5, 5.41) is 3.05. The summed E-state index contributed by atoms with van der Waals surface area (Å²) in [7, 11) is 0. The Kier molecular flexibility index (Phi) is 9.07. The number of hydrogen-bond acceptors (Lipinski definition) is 2. The Hall–Kier alpha value is -0.570. The molecule has 114 valence electrons. The highest BCUT2D eigenvalue weighted by Gasteiger charge is 2.18. The molecule has 0 aliphatic carbocycles. The van der Waals surface area contributed by atoms with Crippen LogP contribution in [0, 0.1) is 5.41 Å². The van der Waals surface area contributed by atoms with E-state index in [-0.39, 0.29) is 23.4 Å². The predicted molar refractivity (Wildman–Crippen MR) is 83.0 cm³/mol. The highest BCUT2D eigenvalue weighted by Crippen LogP contribution is 2.21. The number of carbonyl (C=O) groups is 1. The Balaban J connectivity index is 3.78. The smallest absolute Gasteiger partial charge is 0.221 e. The fourth-order valence-electron chi connectivity index (χ4n) is 2.38. The quantitative estimate of drug-likeness (QED) is 0.629. The maximum absolute atomic E-state index is 11.8. The number of unbranched alkanes of at least 4 members (excludes halogenated alkanes) is 3. The van der Waals surface area contributed by atoms with Crippen molar-refractivity contribution >= 4 is 5.91 Å². The minimum atomic E-state index is -0.0349. The van der Waals surface area contributed by atoms with Gasteiger partial charge in [0.05, 0.1) is 0 Å². The molecule has 2 unspecified atom stereocenters. The molecule has 1 amide bonds. The standard InChI is InChI=1S/C16H34N2O/c1-6-7-8-9-10-13(2)18-15(19)11-14(17)12-16(3,4)5/h13-14H,6-12,17H2,1-5H3,(H,18,19). The summed E-state index contributed by atoms with van der Waals surface area (Å²) in [5.41, 5.74) is 6.20. The van der Waals surface area contributed by atoms with Crippen molar-refractivity contribution in [2.75, 3.05) is 0 Å². The highest BCUT2D eigenvalue weighted by atomic mass is 16.1. The lowest BCUT2D eigenvalue weighted by molar-refractivity contribution is -0.122. The second-order valence-electron chi connectivity index (χ2n) is 7.05. The molecular weight excluding hydrogens is 236 g/mol. The number of rotatable bonds is 9. The zero-order chi connectivity index (χ0) is 14.9. The molecule has 2 atom stereocenters. The molecule has 3 nitrogen and oxygen atoms in total. The molecule has 3 N–H and O–H groups in total. The largest absolute Gasteiger partial charge is 0.354 e. The van der Waals surface area contributed by atoms with Gasteiger partial charge in [0.25, 0.3) is 0 Å². The summed E-state index contributed by atoms with van der Waals surface area (Å²) in [6.45, 7) is 10.8. The number of hydrogen-bond donors (Lipinski definition) is 2. The molecule has 0 aromatic carbocycles. The van der Waals surface area contributed by atoms with Crippen LogP contribution in [0.1, 0.15) is 79.6 Å². The molecule has 3 heteroatoms. The fourth-order valence-corrected chi connectivity index (χ4v) is 2.38. The normalized spacial score (nSPS) is 15.1. The van der Waals surface area contributed by atoms with E-state index in [0.717, 1.165) is 12.8 Å². The van der Waals surface area contributed by atoms with Gasteiger partial charge in [-0.05, 0) is 25.2 Å². The monoisotopic (exact) mass is 270 g/mol. The molecule has 0 fully saturated rings. The molecule has 0 aliphatic rings. The molecule has 0 aliphatic heterocycles. The zero-order valence-electron chi connectivity index (χ0n) is 13.6. The summed E-state index contributed by atoms with van der Waals surface area (Å²) in [6.07, 6.45) is 7.39. The van der Waals surface area contributed by atoms with Crippen molar-refractivity contribution in [1.82, 2.24) is 5.32 Å². The molecule has 0 aromatic heterocycles. The van der Waals surface area contributed by atoms with E-state index in [0.29, 0.717) is 6.42 Å². The Bertz CT molecular complexity index is 246. The lowest BCUT2D eigenvalue weighted by Crippen LogP contribution is -2.38. The Labute approximate surface area is 119 Å². The van der Waals surface area contributed by atoms with E-state index in [1.54, 1.807) is 0 Å². The summed E-state index contributed by atoms with van der Waals surface area (Å²) >= 11 is 0. The van der Waals surface area contributed by atoms with Crippen LogP contribution in [-0.2, 0) is 4.79 Å². The first-order chi connectivity index (χ1) is 8.74. The molecule has 0 radical (unpaired) electrons. The Morgan fingerprint density at radius 2 is 1.84 bits per heavy atom. The van der Waals surface area contributed by atoms with Gasteiger partial charge in [-0.25, -0.2) is 0 Å². The van der Waals surface area contributed by atoms with Crippen LogP contribution in [0.3, 0.4) is 0 Å². The van der Waals surface area contributed by atoms with Gasteiger partial charge in [0, 0.05) is 18.5 Å². The number of amides is 1. The van der Waals surface area contributed by atoms with E-state index >= 15 is 0 Å². The Morgan fingerprint density at radius 3 is 2.37 bits per heavy atom. The van der Waals surface area contributed by atoms with Crippen LogP contribution >= 0.6 is 0 Å². The van der Waals surface area contributed by atoms with E-state index < -0.39 is 0 Å². The molecule has 0 bridgehead atoms. The molecule has 0 saturated carbocycles. The first-order valence-corrected chi connectivity index (χ1v) is 7.79. The van der Waals surface area contributed by atoms with Crippen molar-refractivity contribution in [3.8, 4) is 0 Å². The van der Waals surface area contributed by atoms with Crippen molar-refractivity contribution in [3.05, 3.63) is 0 Å². The van der Waals surface area contributed by atoms with Crippen LogP contribution in [0.5, 0.6) is 0 Å². The van der Waals surface area contributed by atoms with Crippen LogP contribution in [0.25, 0.3) is 0 Å². The average Bonchev–Trinajstić information content (AvgIpc) is 2.21. The van der Waals surface area contributed by atoms with Crippen molar-refractivity contribution in [2.24, 2.45) is 11.1 Å². The SMILES string of the molecule is CCCCCCC(C)NC(=O)CC(N)CC(C)(C)C. The van der Waals surface area contributed by atoms with Gasteiger partial charge >= 0.3 is 0 Å². The van der Waals surface area contributed by atoms with Gasteiger partial charge in [0.1, 0.15) is 0 Å². The number of nitrogens with two attached hydrogens (primary N) is 1. The minimum absolute atomic E-state index is 0.0349. The topological polar surface area (TPSA) is 55.1 Å². The van der Waals surface area contributed by atoms with Gasteiger partial charge in [0.2, 0.25) is 5.91 Å². The van der Waals surface area contributed by atoms with E-state index in [2.05, 4.69) is 39.9 Å². The van der Waals surface area contributed by atoms with Gasteiger partial charge in [-0.15, -0.1) is 0 Å². The van der Waals surface area contributed by atoms with Gasteiger partial charge in [-0.3, -0.25) is 4.79 Å². The number of nitrogens with one attached hydrogen (secondary N) is 1. The van der Waals surface area contributed by atoms with Crippen LogP contribution in [0.15, 0.2) is 0 Å². The third kappa shape index (κ3) is 12.2. The third-order valence-electron chi connectivity index (χ3n) is 3.22. The minimum Gasteiger partial charge on any atom is -0.354 e. The molecule has 0 saturated heterocycles. The third-order valence-corrected chi connectivity index (χ3v) is 3.22. The predicted octanol–water partition coefficient (Wildman–Crippen LogP) is 3.62. The second-order valence-corrected chi connectivity index (χ2v) is 7.05. The maximum Gasteiger partial charge on any atom is 0.221 e. The van der Waals surface area contributed by atoms with Gasteiger partial charge in [0.15, 0.2) is 0 Å². The van der Waals surface area contributed by atoms with Crippen LogP contribution in [0.4, 0.5) is 0 Å². The van der Waals surface area contributed by atoms with Gasteiger partial charge < -0.3 is 11.1 Å². The first kappa shape index (κ1) is 18.4. The van der Waals surface area contributed by atoms with E-state index in [4.69, 9.17) is 5.73 Å². The lowest BCUT2D eigenvalue weighted by Gasteiger charge is -2.23. The molecular formula is C16H34N2O. The average molecular weight is 270 g/mol. The first-order valence-electron chi connectivity index (χ1n) is 7.79. The molecule has 0 aromatic rings. The molecule has 19 heavy (non-hydrogen) atoms. The molecule has 0 rings (SSSR count). The summed E-state index contributed by atoms with van der Waals surface area (Å²) in [5.74, 6) is 0.0970. The van der Waals surface area contributed by atoms with E-state index in [1.165, 1.54) is 25.7 Å². The Morgan fingerprint density at radius 1 is 1.21 bits per heavy atom. The van der Waals surface area contributed by atoms with Crippen molar-refractivity contribution < 1.29 is 4.79 Å². The highest BCUT2D eigenvalue weighted by molar-refractivity contribution is 5.76. The maximum atomic E-state index is 11.8. The summed E-state index contributed by atoms with van der Waals surface area (Å²) in [6, 6.07) is 0.235. The zero-order valence-corrected chi connectivity index (χ0v) is 13.6. The van der Waals surface area contributed by atoms with Crippen molar-refractivity contribution in [2.45, 2.75) is 91.6 Å². The van der Waals surface area contributed by atoms with E-state index in [9.17, 15) is 4.79 Å². The van der Waals surface area contributed by atoms with Crippen LogP contribution in [-0.4, -0.2) is 18.0 Å². The fraction of sp³-hybridized carbons (Fsp3) is 0.938. The van der Waals surface area contributed by atoms with Crippen LogP contribution in [0.2, 0.25) is 0 Å². The lowest BCUT2D eigenvalue weighted by atomic mass is 9.87. The van der Waals surface area contributed by atoms with E-state index in [1.807, 2.05) is 0 Å². The molecule has 0 heterocycles. The molecule has 0 spiro atoms. The number of carbonyl (C=O) groups excluding carboxylic acids is 1.